The van der Waals surface area contributed by atoms with Crippen LogP contribution < -0.4 is 10.6 Å². The average Bonchev–Trinajstić information content (AvgIpc) is 2.81. The Hall–Kier alpha value is -1.75. The summed E-state index contributed by atoms with van der Waals surface area (Å²) in [6.45, 7) is 2.10. The minimum Gasteiger partial charge on any atom is -0.381 e. The Morgan fingerprint density at radius 1 is 1.39 bits per heavy atom. The third kappa shape index (κ3) is 1.80. The summed E-state index contributed by atoms with van der Waals surface area (Å²) < 4.78 is 0. The van der Waals surface area contributed by atoms with Crippen molar-refractivity contribution in [2.45, 2.75) is 18.9 Å². The highest BCUT2D eigenvalue weighted by molar-refractivity contribution is 8.18. The highest BCUT2D eigenvalue weighted by Gasteiger charge is 2.30. The molecule has 0 saturated carbocycles. The van der Waals surface area contributed by atoms with Crippen LogP contribution in [0.5, 0.6) is 0 Å². The van der Waals surface area contributed by atoms with E-state index in [1.165, 1.54) is 17.3 Å². The second-order valence-electron chi connectivity index (χ2n) is 4.46. The Labute approximate surface area is 109 Å². The number of benzene rings is 1. The third-order valence-electron chi connectivity index (χ3n) is 3.24. The Bertz CT molecular complexity index is 567. The number of amides is 1. The number of nitrogens with one attached hydrogen (secondary N) is 3. The molecule has 3 N–H and O–H groups in total. The number of carbonyl (C=O) groups excluding carboxylic acids is 1. The average molecular weight is 259 g/mol. The smallest absolute Gasteiger partial charge is 0.263 e. The number of anilines is 1. The summed E-state index contributed by atoms with van der Waals surface area (Å²) in [5, 5.41) is 13.6. The molecule has 2 aliphatic heterocycles. The van der Waals surface area contributed by atoms with Gasteiger partial charge in [0.2, 0.25) is 0 Å². The molecule has 18 heavy (non-hydrogen) atoms. The summed E-state index contributed by atoms with van der Waals surface area (Å²) in [5.74, 6) is 0.0157. The van der Waals surface area contributed by atoms with Gasteiger partial charge < -0.3 is 10.6 Å². The molecule has 4 nitrogen and oxygen atoms in total. The Kier molecular flexibility index (Phi) is 2.63. The van der Waals surface area contributed by atoms with Crippen LogP contribution in [-0.2, 0) is 4.79 Å². The van der Waals surface area contributed by atoms with Crippen molar-refractivity contribution in [2.75, 3.05) is 5.32 Å². The molecule has 2 unspecified atom stereocenters. The SMILES string of the molecule is CC1Nc2ccccc2C1/C=C1\SC(=N)NC1=O. The molecule has 0 bridgehead atoms. The number of rotatable bonds is 1. The van der Waals surface area contributed by atoms with E-state index >= 15 is 0 Å². The molecule has 2 heterocycles. The van der Waals surface area contributed by atoms with Gasteiger partial charge in [-0.15, -0.1) is 0 Å². The normalized spacial score (nSPS) is 28.2. The van der Waals surface area contributed by atoms with Gasteiger partial charge >= 0.3 is 0 Å². The van der Waals surface area contributed by atoms with Crippen LogP contribution in [0.1, 0.15) is 18.4 Å². The van der Waals surface area contributed by atoms with Gasteiger partial charge in [0, 0.05) is 17.6 Å². The Balaban J connectivity index is 1.96. The topological polar surface area (TPSA) is 65.0 Å². The van der Waals surface area contributed by atoms with Crippen LogP contribution in [0.3, 0.4) is 0 Å². The minimum atomic E-state index is -0.165. The lowest BCUT2D eigenvalue weighted by Crippen LogP contribution is -2.19. The Morgan fingerprint density at radius 2 is 2.17 bits per heavy atom. The van der Waals surface area contributed by atoms with Crippen molar-refractivity contribution in [3.63, 3.8) is 0 Å². The van der Waals surface area contributed by atoms with Crippen LogP contribution in [0.15, 0.2) is 35.2 Å². The van der Waals surface area contributed by atoms with E-state index in [9.17, 15) is 4.79 Å². The zero-order chi connectivity index (χ0) is 12.7. The summed E-state index contributed by atoms with van der Waals surface area (Å²) in [6, 6.07) is 8.40. The molecular formula is C13H13N3OS. The van der Waals surface area contributed by atoms with Crippen LogP contribution in [0, 0.1) is 5.41 Å². The number of carbonyl (C=O) groups is 1. The number of thioether (sulfide) groups is 1. The van der Waals surface area contributed by atoms with Crippen LogP contribution in [0.2, 0.25) is 0 Å². The van der Waals surface area contributed by atoms with E-state index < -0.39 is 0 Å². The van der Waals surface area contributed by atoms with Crippen molar-refractivity contribution in [1.82, 2.24) is 5.32 Å². The predicted molar refractivity (Wildman–Crippen MR) is 73.8 cm³/mol. The maximum absolute atomic E-state index is 11.6. The van der Waals surface area contributed by atoms with Crippen molar-refractivity contribution in [2.24, 2.45) is 0 Å². The van der Waals surface area contributed by atoms with Crippen molar-refractivity contribution in [1.29, 1.82) is 5.41 Å². The molecule has 1 saturated heterocycles. The molecule has 2 aliphatic rings. The molecule has 1 aromatic carbocycles. The predicted octanol–water partition coefficient (Wildman–Crippen LogP) is 2.27. The van der Waals surface area contributed by atoms with Crippen LogP contribution in [-0.4, -0.2) is 17.1 Å². The first-order chi connectivity index (χ1) is 8.65. The van der Waals surface area contributed by atoms with E-state index in [1.54, 1.807) is 0 Å². The largest absolute Gasteiger partial charge is 0.381 e. The lowest BCUT2D eigenvalue weighted by Gasteiger charge is -2.11. The number of hydrogen-bond donors (Lipinski definition) is 3. The molecule has 3 rings (SSSR count). The van der Waals surface area contributed by atoms with Gasteiger partial charge in [0.05, 0.1) is 4.91 Å². The van der Waals surface area contributed by atoms with Gasteiger partial charge in [-0.25, -0.2) is 0 Å². The van der Waals surface area contributed by atoms with Gasteiger partial charge in [0.15, 0.2) is 5.17 Å². The standard InChI is InChI=1S/C13H13N3OS/c1-7-9(6-11-12(17)16-13(14)18-11)8-4-2-3-5-10(8)15-7/h2-7,9,15H,1H3,(H2,14,16,17)/b11-6-. The number of para-hydroxylation sites is 1. The van der Waals surface area contributed by atoms with E-state index in [0.29, 0.717) is 4.91 Å². The molecular weight excluding hydrogens is 246 g/mol. The monoisotopic (exact) mass is 259 g/mol. The fraction of sp³-hybridized carbons (Fsp3) is 0.231. The maximum atomic E-state index is 11.6. The van der Waals surface area contributed by atoms with Crippen LogP contribution >= 0.6 is 11.8 Å². The molecule has 5 heteroatoms. The van der Waals surface area contributed by atoms with Gasteiger partial charge in [-0.05, 0) is 30.3 Å². The summed E-state index contributed by atoms with van der Waals surface area (Å²) in [7, 11) is 0. The quantitative estimate of drug-likeness (QED) is 0.678. The van der Waals surface area contributed by atoms with Crippen LogP contribution in [0.25, 0.3) is 0 Å². The van der Waals surface area contributed by atoms with Gasteiger partial charge in [0.1, 0.15) is 0 Å². The molecule has 2 atom stereocenters. The maximum Gasteiger partial charge on any atom is 0.263 e. The van der Waals surface area contributed by atoms with E-state index in [4.69, 9.17) is 5.41 Å². The van der Waals surface area contributed by atoms with E-state index in [2.05, 4.69) is 23.6 Å². The summed E-state index contributed by atoms with van der Waals surface area (Å²) in [4.78, 5) is 12.3. The molecule has 1 aromatic rings. The van der Waals surface area contributed by atoms with Crippen molar-refractivity contribution < 1.29 is 4.79 Å². The van der Waals surface area contributed by atoms with E-state index in [0.717, 1.165) is 5.69 Å². The van der Waals surface area contributed by atoms with E-state index in [-0.39, 0.29) is 23.0 Å². The summed E-state index contributed by atoms with van der Waals surface area (Å²) in [6.07, 6.45) is 1.96. The third-order valence-corrected chi connectivity index (χ3v) is 4.08. The molecule has 1 amide bonds. The second kappa shape index (κ2) is 4.17. The zero-order valence-corrected chi connectivity index (χ0v) is 10.7. The summed E-state index contributed by atoms with van der Waals surface area (Å²) >= 11 is 1.19. The number of hydrogen-bond acceptors (Lipinski definition) is 4. The molecule has 0 aromatic heterocycles. The molecule has 0 radical (unpaired) electrons. The fourth-order valence-corrected chi connectivity index (χ4v) is 3.10. The molecule has 0 spiro atoms. The number of amidine groups is 1. The fourth-order valence-electron chi connectivity index (χ4n) is 2.38. The van der Waals surface area contributed by atoms with Gasteiger partial charge in [-0.2, -0.15) is 0 Å². The molecule has 1 fully saturated rings. The second-order valence-corrected chi connectivity index (χ2v) is 5.51. The van der Waals surface area contributed by atoms with Crippen molar-refractivity contribution >= 4 is 28.5 Å². The zero-order valence-electron chi connectivity index (χ0n) is 9.86. The van der Waals surface area contributed by atoms with Gasteiger partial charge in [0.25, 0.3) is 5.91 Å². The van der Waals surface area contributed by atoms with E-state index in [1.807, 2.05) is 24.3 Å². The first-order valence-electron chi connectivity index (χ1n) is 5.80. The molecule has 0 aliphatic carbocycles. The Morgan fingerprint density at radius 3 is 2.89 bits per heavy atom. The van der Waals surface area contributed by atoms with Crippen molar-refractivity contribution in [3.05, 3.63) is 40.8 Å². The summed E-state index contributed by atoms with van der Waals surface area (Å²) in [5.41, 5.74) is 2.34. The lowest BCUT2D eigenvalue weighted by atomic mass is 9.95. The van der Waals surface area contributed by atoms with Crippen LogP contribution in [0.4, 0.5) is 5.69 Å². The van der Waals surface area contributed by atoms with Gasteiger partial charge in [-0.3, -0.25) is 10.2 Å². The molecule has 92 valence electrons. The first-order valence-corrected chi connectivity index (χ1v) is 6.62. The first kappa shape index (κ1) is 11.3. The van der Waals surface area contributed by atoms with Gasteiger partial charge in [-0.1, -0.05) is 24.3 Å². The highest BCUT2D eigenvalue weighted by atomic mass is 32.2. The number of fused-ring (bicyclic) bond motifs is 1. The minimum absolute atomic E-state index is 0.165. The lowest BCUT2D eigenvalue weighted by molar-refractivity contribution is -0.115. The highest BCUT2D eigenvalue weighted by Crippen LogP contribution is 2.38. The van der Waals surface area contributed by atoms with Crippen molar-refractivity contribution in [3.8, 4) is 0 Å².